The number of para-hydroxylation sites is 1. The topological polar surface area (TPSA) is 87.7 Å². The molecule has 222 valence electrons. The van der Waals surface area contributed by atoms with Gasteiger partial charge in [-0.25, -0.2) is 14.5 Å². The summed E-state index contributed by atoms with van der Waals surface area (Å²) in [5, 5.41) is 4.92. The minimum absolute atomic E-state index is 0.244. The Kier molecular flexibility index (Phi) is 8.36. The number of carbonyl (C=O) groups excluding carboxylic acids is 1. The predicted octanol–water partition coefficient (Wildman–Crippen LogP) is 5.38. The van der Waals surface area contributed by atoms with E-state index in [0.717, 1.165) is 38.7 Å². The Morgan fingerprint density at radius 3 is 2.43 bits per heavy atom. The molecule has 2 aromatic heterocycles. The van der Waals surface area contributed by atoms with Crippen molar-refractivity contribution in [2.45, 2.75) is 24.8 Å². The normalized spacial score (nSPS) is 14.7. The molecule has 0 fully saturated rings. The number of benzene rings is 3. The highest BCUT2D eigenvalue weighted by molar-refractivity contribution is 7.98. The fourth-order valence-electron chi connectivity index (χ4n) is 5.24. The molecule has 1 atom stereocenters. The van der Waals surface area contributed by atoms with Crippen molar-refractivity contribution in [3.8, 4) is 22.7 Å². The molecular weight excluding hydrogens is 593 g/mol. The average molecular weight is 623 g/mol. The van der Waals surface area contributed by atoms with Crippen molar-refractivity contribution in [3.05, 3.63) is 127 Å². The second-order valence-electron chi connectivity index (χ2n) is 10.0. The Morgan fingerprint density at radius 1 is 1.05 bits per heavy atom. The molecule has 0 amide bonds. The maximum Gasteiger partial charge on any atom is 0.338 e. The van der Waals surface area contributed by atoms with Crippen LogP contribution in [-0.2, 0) is 9.53 Å². The van der Waals surface area contributed by atoms with Crippen LogP contribution < -0.4 is 19.6 Å². The van der Waals surface area contributed by atoms with E-state index < -0.39 is 12.0 Å². The molecule has 0 aliphatic carbocycles. The van der Waals surface area contributed by atoms with Crippen LogP contribution in [0.1, 0.15) is 31.0 Å². The minimum atomic E-state index is -0.672. The van der Waals surface area contributed by atoms with Crippen LogP contribution in [0.3, 0.4) is 0 Å². The third-order valence-electron chi connectivity index (χ3n) is 7.35. The lowest BCUT2D eigenvalue weighted by atomic mass is 9.96. The molecule has 0 N–H and O–H groups in total. The Balaban J connectivity index is 1.53. The summed E-state index contributed by atoms with van der Waals surface area (Å²) in [6.45, 7) is 4.30. The van der Waals surface area contributed by atoms with Crippen LogP contribution >= 0.6 is 23.1 Å². The van der Waals surface area contributed by atoms with Crippen molar-refractivity contribution in [2.75, 3.05) is 20.0 Å². The smallest absolute Gasteiger partial charge is 0.338 e. The van der Waals surface area contributed by atoms with Gasteiger partial charge in [0.2, 0.25) is 0 Å². The Labute approximate surface area is 262 Å². The molecule has 3 heterocycles. The molecule has 0 saturated heterocycles. The fraction of sp³-hybridized carbons (Fsp3) is 0.176. The standard InChI is InChI=1S/C34H30N4O4S2/c1-5-42-26-15-11-22(12-16-26)30-24(20-37(36-30)25-9-7-6-8-10-25)19-28-32(39)38-31(23-13-17-27(43-4)18-14-23)29(33(40)41-3)21(2)35-34(38)44-28/h6-20,31H,5H2,1-4H3. The highest BCUT2D eigenvalue weighted by atomic mass is 32.2. The van der Waals surface area contributed by atoms with Gasteiger partial charge in [0.15, 0.2) is 4.80 Å². The van der Waals surface area contributed by atoms with Gasteiger partial charge in [0, 0.05) is 22.2 Å². The lowest BCUT2D eigenvalue weighted by Crippen LogP contribution is -2.39. The Bertz CT molecular complexity index is 2040. The van der Waals surface area contributed by atoms with Gasteiger partial charge in [-0.3, -0.25) is 9.36 Å². The summed E-state index contributed by atoms with van der Waals surface area (Å²) < 4.78 is 14.7. The number of methoxy groups -OCH3 is 1. The van der Waals surface area contributed by atoms with E-state index in [1.807, 2.05) is 109 Å². The van der Waals surface area contributed by atoms with E-state index in [2.05, 4.69) is 0 Å². The maximum absolute atomic E-state index is 14.2. The van der Waals surface area contributed by atoms with Gasteiger partial charge in [0.05, 0.1) is 41.2 Å². The Hall–Kier alpha value is -4.67. The van der Waals surface area contributed by atoms with E-state index in [-0.39, 0.29) is 5.56 Å². The van der Waals surface area contributed by atoms with Crippen LogP contribution in [0, 0.1) is 0 Å². The molecule has 0 spiro atoms. The van der Waals surface area contributed by atoms with Gasteiger partial charge in [-0.2, -0.15) is 5.10 Å². The second-order valence-corrected chi connectivity index (χ2v) is 11.9. The van der Waals surface area contributed by atoms with Crippen molar-refractivity contribution in [3.63, 3.8) is 0 Å². The summed E-state index contributed by atoms with van der Waals surface area (Å²) in [5.41, 5.74) is 4.70. The summed E-state index contributed by atoms with van der Waals surface area (Å²) >= 11 is 2.91. The number of esters is 1. The molecule has 5 aromatic rings. The third kappa shape index (κ3) is 5.54. The van der Waals surface area contributed by atoms with E-state index in [9.17, 15) is 9.59 Å². The molecule has 3 aromatic carbocycles. The van der Waals surface area contributed by atoms with Crippen LogP contribution in [0.25, 0.3) is 23.0 Å². The maximum atomic E-state index is 14.2. The number of nitrogens with zero attached hydrogens (tertiary/aromatic N) is 4. The molecular formula is C34H30N4O4S2. The lowest BCUT2D eigenvalue weighted by Gasteiger charge is -2.24. The first-order chi connectivity index (χ1) is 21.4. The minimum Gasteiger partial charge on any atom is -0.494 e. The first-order valence-corrected chi connectivity index (χ1v) is 16.1. The predicted molar refractivity (Wildman–Crippen MR) is 174 cm³/mol. The van der Waals surface area contributed by atoms with Crippen LogP contribution in [0.2, 0.25) is 0 Å². The third-order valence-corrected chi connectivity index (χ3v) is 9.07. The van der Waals surface area contributed by atoms with Crippen LogP contribution in [0.5, 0.6) is 5.75 Å². The largest absolute Gasteiger partial charge is 0.494 e. The highest BCUT2D eigenvalue weighted by Gasteiger charge is 2.33. The number of fused-ring (bicyclic) bond motifs is 1. The number of carbonyl (C=O) groups is 1. The van der Waals surface area contributed by atoms with E-state index in [0.29, 0.717) is 27.2 Å². The van der Waals surface area contributed by atoms with Crippen molar-refractivity contribution in [1.29, 1.82) is 0 Å². The molecule has 1 unspecified atom stereocenters. The fourth-order valence-corrected chi connectivity index (χ4v) is 6.69. The zero-order valence-electron chi connectivity index (χ0n) is 24.7. The number of rotatable bonds is 8. The first kappa shape index (κ1) is 29.4. The van der Waals surface area contributed by atoms with Crippen molar-refractivity contribution in [2.24, 2.45) is 4.99 Å². The van der Waals surface area contributed by atoms with Gasteiger partial charge in [-0.15, -0.1) is 11.8 Å². The van der Waals surface area contributed by atoms with Gasteiger partial charge in [-0.05, 0) is 80.3 Å². The van der Waals surface area contributed by atoms with Gasteiger partial charge in [0.1, 0.15) is 11.4 Å². The van der Waals surface area contributed by atoms with Crippen LogP contribution in [-0.4, -0.2) is 40.3 Å². The summed E-state index contributed by atoms with van der Waals surface area (Å²) in [4.78, 5) is 33.5. The molecule has 0 saturated carbocycles. The monoisotopic (exact) mass is 622 g/mol. The zero-order valence-corrected chi connectivity index (χ0v) is 26.3. The molecule has 8 nitrogen and oxygen atoms in total. The van der Waals surface area contributed by atoms with E-state index >= 15 is 0 Å². The van der Waals surface area contributed by atoms with Crippen molar-refractivity contribution >= 4 is 35.1 Å². The molecule has 1 aliphatic heterocycles. The summed E-state index contributed by atoms with van der Waals surface area (Å²) in [7, 11) is 1.34. The van der Waals surface area contributed by atoms with Gasteiger partial charge in [0.25, 0.3) is 5.56 Å². The quantitative estimate of drug-likeness (QED) is 0.171. The van der Waals surface area contributed by atoms with Crippen molar-refractivity contribution < 1.29 is 14.3 Å². The number of thioether (sulfide) groups is 1. The molecule has 0 radical (unpaired) electrons. The van der Waals surface area contributed by atoms with E-state index in [1.54, 1.807) is 23.3 Å². The summed E-state index contributed by atoms with van der Waals surface area (Å²) in [6, 6.07) is 24.8. The molecule has 10 heteroatoms. The molecule has 44 heavy (non-hydrogen) atoms. The molecule has 1 aliphatic rings. The van der Waals surface area contributed by atoms with Crippen molar-refractivity contribution in [1.82, 2.24) is 14.3 Å². The second kappa shape index (κ2) is 12.5. The Morgan fingerprint density at radius 2 is 1.77 bits per heavy atom. The number of aromatic nitrogens is 3. The van der Waals surface area contributed by atoms with Crippen LogP contribution in [0.15, 0.2) is 111 Å². The number of ether oxygens (including phenoxy) is 2. The van der Waals surface area contributed by atoms with E-state index in [1.165, 1.54) is 18.4 Å². The molecule has 6 rings (SSSR count). The van der Waals surface area contributed by atoms with E-state index in [4.69, 9.17) is 19.6 Å². The SMILES string of the molecule is CCOc1ccc(-c2nn(-c3ccccc3)cc2C=c2sc3n(c2=O)C(c2ccc(SC)cc2)C(C(=O)OC)=C(C)N=3)cc1. The van der Waals surface area contributed by atoms with Gasteiger partial charge < -0.3 is 9.47 Å². The van der Waals surface area contributed by atoms with Gasteiger partial charge >= 0.3 is 5.97 Å². The molecule has 0 bridgehead atoms. The number of allylic oxidation sites excluding steroid dienone is 1. The number of thiazole rings is 1. The average Bonchev–Trinajstić information content (AvgIpc) is 3.61. The summed E-state index contributed by atoms with van der Waals surface area (Å²) in [5.74, 6) is 0.261. The number of hydrogen-bond acceptors (Lipinski definition) is 8. The number of hydrogen-bond donors (Lipinski definition) is 0. The first-order valence-electron chi connectivity index (χ1n) is 14.0. The summed E-state index contributed by atoms with van der Waals surface area (Å²) in [6.07, 6.45) is 5.78. The van der Waals surface area contributed by atoms with Gasteiger partial charge in [-0.1, -0.05) is 41.7 Å². The van der Waals surface area contributed by atoms with Crippen LogP contribution in [0.4, 0.5) is 0 Å². The lowest BCUT2D eigenvalue weighted by molar-refractivity contribution is -0.136. The highest BCUT2D eigenvalue weighted by Crippen LogP contribution is 2.32. The zero-order chi connectivity index (χ0) is 30.8.